The van der Waals surface area contributed by atoms with Gasteiger partial charge < -0.3 is 14.8 Å². The van der Waals surface area contributed by atoms with Crippen LogP contribution >= 0.6 is 36.0 Å². The average Bonchev–Trinajstić information content (AvgIpc) is 2.46. The van der Waals surface area contributed by atoms with Gasteiger partial charge in [-0.25, -0.2) is 0 Å². The highest BCUT2D eigenvalue weighted by molar-refractivity contribution is 7.78. The topological polar surface area (TPSA) is 33.3 Å². The Morgan fingerprint density at radius 2 is 2.09 bits per heavy atom. The standard InChI is InChI=1S/C16H22Cl2N2OS/c17-14-5-12(20-22)6-15(18)16(14)11-1-3-13(4-2-11)21-9-10-7-19-8-10/h1,3,5,10,14-16,19-20,22H,2,4,6-9H2. The summed E-state index contributed by atoms with van der Waals surface area (Å²) >= 11 is 17.2. The summed E-state index contributed by atoms with van der Waals surface area (Å²) in [6.07, 6.45) is 8.96. The van der Waals surface area contributed by atoms with E-state index in [4.69, 9.17) is 27.9 Å². The van der Waals surface area contributed by atoms with Gasteiger partial charge in [0.25, 0.3) is 0 Å². The number of thiol groups is 1. The van der Waals surface area contributed by atoms with Crippen molar-refractivity contribution < 1.29 is 4.74 Å². The van der Waals surface area contributed by atoms with Crippen molar-refractivity contribution in [1.29, 1.82) is 0 Å². The molecule has 0 saturated carbocycles. The summed E-state index contributed by atoms with van der Waals surface area (Å²) < 4.78 is 8.75. The minimum Gasteiger partial charge on any atom is -0.498 e. The molecule has 6 heteroatoms. The monoisotopic (exact) mass is 360 g/mol. The van der Waals surface area contributed by atoms with Crippen LogP contribution in [0.4, 0.5) is 0 Å². The molecule has 22 heavy (non-hydrogen) atoms. The summed E-state index contributed by atoms with van der Waals surface area (Å²) in [6, 6.07) is 0. The molecule has 1 heterocycles. The Morgan fingerprint density at radius 1 is 1.27 bits per heavy atom. The van der Waals surface area contributed by atoms with Crippen LogP contribution in [0.3, 0.4) is 0 Å². The number of hydrogen-bond donors (Lipinski definition) is 3. The highest BCUT2D eigenvalue weighted by atomic mass is 35.5. The van der Waals surface area contributed by atoms with E-state index in [-0.39, 0.29) is 16.7 Å². The molecule has 0 aromatic heterocycles. The Bertz CT molecular complexity index is 502. The van der Waals surface area contributed by atoms with Crippen molar-refractivity contribution in [2.45, 2.75) is 30.0 Å². The molecule has 0 aromatic rings. The van der Waals surface area contributed by atoms with Crippen LogP contribution in [0.1, 0.15) is 19.3 Å². The van der Waals surface area contributed by atoms with Gasteiger partial charge in [0.1, 0.15) is 0 Å². The van der Waals surface area contributed by atoms with Gasteiger partial charge in [0.15, 0.2) is 0 Å². The van der Waals surface area contributed by atoms with E-state index >= 15 is 0 Å². The molecule has 3 unspecified atom stereocenters. The van der Waals surface area contributed by atoms with Crippen LogP contribution in [0.5, 0.6) is 0 Å². The first-order valence-corrected chi connectivity index (χ1v) is 9.11. The number of hydrogen-bond acceptors (Lipinski definition) is 4. The molecular formula is C16H22Cl2N2OS. The van der Waals surface area contributed by atoms with Crippen LogP contribution in [0, 0.1) is 11.8 Å². The smallest absolute Gasteiger partial charge is 0.0963 e. The molecule has 0 amide bonds. The van der Waals surface area contributed by atoms with Crippen molar-refractivity contribution in [3.63, 3.8) is 0 Å². The molecule has 0 aromatic carbocycles. The third-order valence-corrected chi connectivity index (χ3v) is 5.70. The number of allylic oxidation sites excluding steroid dienone is 6. The molecule has 0 bridgehead atoms. The zero-order valence-electron chi connectivity index (χ0n) is 12.4. The van der Waals surface area contributed by atoms with Gasteiger partial charge in [-0.1, -0.05) is 24.5 Å². The van der Waals surface area contributed by atoms with Crippen LogP contribution in [0.2, 0.25) is 0 Å². The fourth-order valence-electron chi connectivity index (χ4n) is 3.14. The van der Waals surface area contributed by atoms with E-state index in [1.54, 1.807) is 0 Å². The minimum absolute atomic E-state index is 0.00493. The van der Waals surface area contributed by atoms with Gasteiger partial charge in [-0.3, -0.25) is 0 Å². The first-order chi connectivity index (χ1) is 10.7. The summed E-state index contributed by atoms with van der Waals surface area (Å²) in [4.78, 5) is 0. The molecule has 0 spiro atoms. The number of nitrogens with one attached hydrogen (secondary N) is 2. The van der Waals surface area contributed by atoms with Crippen molar-refractivity contribution in [2.24, 2.45) is 11.8 Å². The molecule has 1 fully saturated rings. The zero-order valence-corrected chi connectivity index (χ0v) is 14.8. The molecule has 0 radical (unpaired) electrons. The van der Waals surface area contributed by atoms with Crippen molar-refractivity contribution in [3.8, 4) is 0 Å². The predicted octanol–water partition coefficient (Wildman–Crippen LogP) is 3.38. The number of alkyl halides is 2. The summed E-state index contributed by atoms with van der Waals surface area (Å²) in [5, 5.41) is 3.18. The Labute approximate surface area is 147 Å². The predicted molar refractivity (Wildman–Crippen MR) is 95.3 cm³/mol. The molecule has 1 aliphatic heterocycles. The Hall–Kier alpha value is -0.290. The second-order valence-corrected chi connectivity index (χ2v) is 7.49. The average molecular weight is 361 g/mol. The van der Waals surface area contributed by atoms with Crippen molar-refractivity contribution >= 4 is 36.0 Å². The van der Waals surface area contributed by atoms with E-state index in [0.717, 1.165) is 50.4 Å². The van der Waals surface area contributed by atoms with Crippen LogP contribution in [-0.4, -0.2) is 30.5 Å². The van der Waals surface area contributed by atoms with E-state index < -0.39 is 0 Å². The van der Waals surface area contributed by atoms with Crippen molar-refractivity contribution in [1.82, 2.24) is 10.0 Å². The van der Waals surface area contributed by atoms with Gasteiger partial charge in [0.2, 0.25) is 0 Å². The lowest BCUT2D eigenvalue weighted by Gasteiger charge is -2.34. The molecule has 3 nitrogen and oxygen atoms in total. The van der Waals surface area contributed by atoms with Crippen LogP contribution in [0.25, 0.3) is 0 Å². The van der Waals surface area contributed by atoms with Crippen molar-refractivity contribution in [3.05, 3.63) is 35.3 Å². The third kappa shape index (κ3) is 3.78. The molecule has 2 N–H and O–H groups in total. The van der Waals surface area contributed by atoms with E-state index in [1.807, 2.05) is 6.08 Å². The highest BCUT2D eigenvalue weighted by Crippen LogP contribution is 2.39. The van der Waals surface area contributed by atoms with E-state index in [1.165, 1.54) is 5.57 Å². The molecular weight excluding hydrogens is 339 g/mol. The van der Waals surface area contributed by atoms with Gasteiger partial charge in [-0.05, 0) is 18.6 Å². The van der Waals surface area contributed by atoms with E-state index in [2.05, 4.69) is 35.0 Å². The number of rotatable bonds is 5. The Kier molecular flexibility index (Phi) is 5.66. The maximum atomic E-state index is 6.55. The summed E-state index contributed by atoms with van der Waals surface area (Å²) in [5.41, 5.74) is 2.33. The minimum atomic E-state index is -0.0888. The normalized spacial score (nSPS) is 32.5. The molecule has 1 saturated heterocycles. The maximum absolute atomic E-state index is 6.55. The zero-order chi connectivity index (χ0) is 15.5. The maximum Gasteiger partial charge on any atom is 0.0963 e. The summed E-state index contributed by atoms with van der Waals surface area (Å²) in [5.74, 6) is 1.93. The van der Waals surface area contributed by atoms with Crippen LogP contribution < -0.4 is 10.0 Å². The lowest BCUT2D eigenvalue weighted by atomic mass is 9.82. The van der Waals surface area contributed by atoms with Crippen LogP contribution in [-0.2, 0) is 4.74 Å². The first kappa shape index (κ1) is 16.6. The van der Waals surface area contributed by atoms with Gasteiger partial charge in [-0.15, -0.1) is 23.2 Å². The van der Waals surface area contributed by atoms with Gasteiger partial charge in [0.05, 0.1) is 17.7 Å². The lowest BCUT2D eigenvalue weighted by Crippen LogP contribution is -2.44. The second kappa shape index (κ2) is 7.52. The Balaban J connectivity index is 1.61. The summed E-state index contributed by atoms with van der Waals surface area (Å²) in [6.45, 7) is 2.97. The van der Waals surface area contributed by atoms with E-state index in [0.29, 0.717) is 5.92 Å². The molecule has 3 aliphatic rings. The van der Waals surface area contributed by atoms with E-state index in [9.17, 15) is 0 Å². The second-order valence-electron chi connectivity index (χ2n) is 6.20. The SMILES string of the molecule is SNC1=CC(Cl)C(C2=CC=C(OCC3CNC3)CC2)C(Cl)C1. The highest BCUT2D eigenvalue weighted by Gasteiger charge is 2.34. The van der Waals surface area contributed by atoms with Gasteiger partial charge in [-0.2, -0.15) is 0 Å². The molecule has 122 valence electrons. The number of halogens is 2. The molecule has 2 aliphatic carbocycles. The fraction of sp³-hybridized carbons (Fsp3) is 0.625. The lowest BCUT2D eigenvalue weighted by molar-refractivity contribution is 0.128. The van der Waals surface area contributed by atoms with Gasteiger partial charge in [0, 0.05) is 48.8 Å². The Morgan fingerprint density at radius 3 is 2.64 bits per heavy atom. The quantitative estimate of drug-likeness (QED) is 0.519. The molecule has 3 rings (SSSR count). The summed E-state index contributed by atoms with van der Waals surface area (Å²) in [7, 11) is 0. The van der Waals surface area contributed by atoms with Crippen molar-refractivity contribution in [2.75, 3.05) is 19.7 Å². The first-order valence-electron chi connectivity index (χ1n) is 7.79. The van der Waals surface area contributed by atoms with Gasteiger partial charge >= 0.3 is 0 Å². The molecule has 3 atom stereocenters. The van der Waals surface area contributed by atoms with Crippen LogP contribution in [0.15, 0.2) is 35.3 Å². The largest absolute Gasteiger partial charge is 0.498 e. The third-order valence-electron chi connectivity index (χ3n) is 4.59. The fourth-order valence-corrected chi connectivity index (χ4v) is 4.36. The number of ether oxygens (including phenoxy) is 1.